The highest BCUT2D eigenvalue weighted by Crippen LogP contribution is 2.43. The fourth-order valence-corrected chi connectivity index (χ4v) is 24.1. The molecule has 3 nitrogen and oxygen atoms in total. The molecule has 16 aromatic rings. The first kappa shape index (κ1) is 53.6. The number of anilines is 3. The summed E-state index contributed by atoms with van der Waals surface area (Å²) in [4.78, 5) is 2.50. The molecular weight excluding hydrogens is 1110 g/mol. The number of aryl methyl sites for hydroxylation is 2. The van der Waals surface area contributed by atoms with Gasteiger partial charge in [-0.25, -0.2) is 0 Å². The van der Waals surface area contributed by atoms with Gasteiger partial charge in [-0.1, -0.05) is 272 Å². The van der Waals surface area contributed by atoms with Crippen molar-refractivity contribution in [3.05, 3.63) is 357 Å². The smallest absolute Gasteiger partial charge is 0.179 e. The highest BCUT2D eigenvalue weighted by molar-refractivity contribution is 7.20. The zero-order valence-corrected chi connectivity index (χ0v) is 51.8. The summed E-state index contributed by atoms with van der Waals surface area (Å²) >= 11 is 0. The van der Waals surface area contributed by atoms with Crippen molar-refractivity contribution < 1.29 is 0 Å². The Labute approximate surface area is 522 Å². The summed E-state index contributed by atoms with van der Waals surface area (Å²) in [6.45, 7) is 4.34. The van der Waals surface area contributed by atoms with Crippen molar-refractivity contribution in [1.82, 2.24) is 9.13 Å². The maximum absolute atomic E-state index is 2.92. The number of hydrogen-bond acceptors (Lipinski definition) is 1. The summed E-state index contributed by atoms with van der Waals surface area (Å²) in [5.74, 6) is 0. The average molecular weight is 1170 g/mol. The fraction of sp³-hybridized carbons (Fsp3) is 0.0238. The highest BCUT2D eigenvalue weighted by Gasteiger charge is 2.43. The van der Waals surface area contributed by atoms with Crippen LogP contribution in [-0.2, 0) is 0 Å². The number of nitrogens with zero attached hydrogens (tertiary/aromatic N) is 3. The van der Waals surface area contributed by atoms with E-state index in [1.165, 1.54) is 96.0 Å². The Bertz CT molecular complexity index is 4750. The van der Waals surface area contributed by atoms with Gasteiger partial charge in [0.05, 0.1) is 22.1 Å². The Hall–Kier alpha value is -10.8. The van der Waals surface area contributed by atoms with Gasteiger partial charge in [0, 0.05) is 50.0 Å². The monoisotopic (exact) mass is 1170 g/mol. The fourth-order valence-electron chi connectivity index (χ4n) is 14.6. The Kier molecular flexibility index (Phi) is 13.3. The van der Waals surface area contributed by atoms with Crippen LogP contribution in [0.3, 0.4) is 0 Å². The van der Waals surface area contributed by atoms with E-state index in [2.05, 4.69) is 374 Å². The van der Waals surface area contributed by atoms with E-state index >= 15 is 0 Å². The third-order valence-electron chi connectivity index (χ3n) is 18.7. The zero-order chi connectivity index (χ0) is 59.5. The maximum Gasteiger partial charge on any atom is 0.179 e. The van der Waals surface area contributed by atoms with Crippen LogP contribution in [0.25, 0.3) is 65.8 Å². The van der Waals surface area contributed by atoms with Gasteiger partial charge in [-0.3, -0.25) is 0 Å². The number of benzene rings is 14. The summed E-state index contributed by atoms with van der Waals surface area (Å²) in [6, 6.07) is 131. The molecule has 0 atom stereocenters. The van der Waals surface area contributed by atoms with E-state index in [-0.39, 0.29) is 0 Å². The predicted molar refractivity (Wildman–Crippen MR) is 384 cm³/mol. The molecule has 5 heteroatoms. The van der Waals surface area contributed by atoms with E-state index < -0.39 is 16.1 Å². The van der Waals surface area contributed by atoms with E-state index in [0.717, 1.165) is 39.5 Å². The normalized spacial score (nSPS) is 11.9. The van der Waals surface area contributed by atoms with Crippen LogP contribution in [0.4, 0.5) is 17.1 Å². The number of rotatable bonds is 13. The molecule has 0 spiro atoms. The lowest BCUT2D eigenvalue weighted by Crippen LogP contribution is -2.74. The molecule has 0 unspecified atom stereocenters. The summed E-state index contributed by atoms with van der Waals surface area (Å²) in [6.07, 6.45) is 0. The molecule has 422 valence electrons. The van der Waals surface area contributed by atoms with E-state index in [0.29, 0.717) is 0 Å². The van der Waals surface area contributed by atoms with Crippen LogP contribution in [0.1, 0.15) is 11.1 Å². The van der Waals surface area contributed by atoms with Crippen LogP contribution < -0.4 is 46.4 Å². The van der Waals surface area contributed by atoms with Gasteiger partial charge in [0.1, 0.15) is 0 Å². The molecule has 0 aliphatic rings. The molecule has 0 saturated carbocycles. The Morgan fingerprint density at radius 3 is 0.854 bits per heavy atom. The number of hydrogen-bond donors (Lipinski definition) is 0. The minimum absolute atomic E-state index is 1.07. The minimum Gasteiger partial charge on any atom is -0.310 e. The first-order valence-corrected chi connectivity index (χ1v) is 34.9. The quantitative estimate of drug-likeness (QED) is 0.0828. The van der Waals surface area contributed by atoms with Crippen LogP contribution in [0.2, 0.25) is 0 Å². The molecule has 0 bridgehead atoms. The molecule has 89 heavy (non-hydrogen) atoms. The lowest BCUT2D eigenvalue weighted by molar-refractivity contribution is 1.17. The Balaban J connectivity index is 0.975. The number of aromatic nitrogens is 2. The molecule has 0 N–H and O–H groups in total. The van der Waals surface area contributed by atoms with E-state index in [9.17, 15) is 0 Å². The second-order valence-electron chi connectivity index (χ2n) is 23.8. The molecule has 0 saturated heterocycles. The zero-order valence-electron chi connectivity index (χ0n) is 49.8. The van der Waals surface area contributed by atoms with Crippen molar-refractivity contribution in [2.45, 2.75) is 13.8 Å². The SMILES string of the molecule is Cc1ccc(-n2c3ccc(N(c4ccc5ccccc5c4)c4ccc5c(c4)c4cc([Si](c6ccccc6)(c6ccccc6)c6ccccc6)ccc4n5-c4ccc(C)cc4)cc3c3cc([Si](c4ccccc4)(c4ccccc4)c4ccccc4)ccc32)cc1. The summed E-state index contributed by atoms with van der Waals surface area (Å²) in [7, 11) is -5.83. The van der Waals surface area contributed by atoms with Gasteiger partial charge in [-0.05, 0) is 151 Å². The third-order valence-corrected chi connectivity index (χ3v) is 28.2. The van der Waals surface area contributed by atoms with Crippen molar-refractivity contribution >= 4 is 129 Å². The molecule has 0 amide bonds. The summed E-state index contributed by atoms with van der Waals surface area (Å²) < 4.78 is 4.95. The van der Waals surface area contributed by atoms with Crippen molar-refractivity contribution in [1.29, 1.82) is 0 Å². The van der Waals surface area contributed by atoms with E-state index in [1.807, 2.05) is 0 Å². The van der Waals surface area contributed by atoms with Crippen molar-refractivity contribution in [2.24, 2.45) is 0 Å². The van der Waals surface area contributed by atoms with Gasteiger partial charge in [-0.15, -0.1) is 0 Å². The number of fused-ring (bicyclic) bond motifs is 7. The van der Waals surface area contributed by atoms with Gasteiger partial charge in [-0.2, -0.15) is 0 Å². The first-order valence-electron chi connectivity index (χ1n) is 30.9. The van der Waals surface area contributed by atoms with Gasteiger partial charge in [0.2, 0.25) is 0 Å². The van der Waals surface area contributed by atoms with Gasteiger partial charge in [0.25, 0.3) is 0 Å². The third kappa shape index (κ3) is 8.92. The standard InChI is InChI=1S/C84H63N3Si2/c1-60-37-42-64(43-38-60)86-81-51-47-67(56-77(81)79-58-75(49-53-83(79)86)88(69-25-9-3-10-26-69,70-27-11-4-12-28-70)71-29-13-5-14-30-71)85(66-46-41-62-23-21-22-24-63(62)55-66)68-48-52-82-78(57-68)80-59-76(50-54-84(80)87(82)65-44-39-61(2)40-45-65)89(72-31-15-6-16-32-72,73-33-17-7-18-34-73)74-35-19-8-20-36-74/h3-59H,1-2H3. The lowest BCUT2D eigenvalue weighted by Gasteiger charge is -2.34. The maximum atomic E-state index is 2.55. The highest BCUT2D eigenvalue weighted by atomic mass is 28.3. The van der Waals surface area contributed by atoms with E-state index in [1.54, 1.807) is 0 Å². The molecular formula is C84H63N3Si2. The van der Waals surface area contributed by atoms with E-state index in [4.69, 9.17) is 0 Å². The molecule has 0 aliphatic carbocycles. The molecule has 0 aliphatic heterocycles. The first-order chi connectivity index (χ1) is 43.9. The predicted octanol–water partition coefficient (Wildman–Crippen LogP) is 15.9. The lowest BCUT2D eigenvalue weighted by atomic mass is 10.1. The van der Waals surface area contributed by atoms with Crippen LogP contribution in [0.5, 0.6) is 0 Å². The molecule has 0 radical (unpaired) electrons. The van der Waals surface area contributed by atoms with Crippen molar-refractivity contribution in [3.8, 4) is 11.4 Å². The Morgan fingerprint density at radius 1 is 0.225 bits per heavy atom. The molecule has 14 aromatic carbocycles. The van der Waals surface area contributed by atoms with Crippen LogP contribution in [0.15, 0.2) is 346 Å². The topological polar surface area (TPSA) is 13.1 Å². The Morgan fingerprint density at radius 2 is 0.506 bits per heavy atom. The second-order valence-corrected chi connectivity index (χ2v) is 31.4. The minimum atomic E-state index is -2.92. The molecule has 16 rings (SSSR count). The van der Waals surface area contributed by atoms with Crippen LogP contribution >= 0.6 is 0 Å². The van der Waals surface area contributed by atoms with Gasteiger partial charge < -0.3 is 14.0 Å². The average Bonchev–Trinajstić information content (AvgIpc) is 1.74. The molecule has 2 aromatic heterocycles. The molecule has 2 heterocycles. The largest absolute Gasteiger partial charge is 0.310 e. The van der Waals surface area contributed by atoms with Gasteiger partial charge in [0.15, 0.2) is 16.1 Å². The summed E-state index contributed by atoms with van der Waals surface area (Å²) in [5.41, 5.74) is 12.6. The van der Waals surface area contributed by atoms with Gasteiger partial charge >= 0.3 is 0 Å². The van der Waals surface area contributed by atoms with Crippen molar-refractivity contribution in [3.63, 3.8) is 0 Å². The van der Waals surface area contributed by atoms with Crippen LogP contribution in [0, 0.1) is 13.8 Å². The van der Waals surface area contributed by atoms with Crippen molar-refractivity contribution in [2.75, 3.05) is 4.90 Å². The van der Waals surface area contributed by atoms with Crippen LogP contribution in [-0.4, -0.2) is 25.3 Å². The molecule has 0 fully saturated rings. The second kappa shape index (κ2) is 22.2. The summed E-state index contributed by atoms with van der Waals surface area (Å²) in [5, 5.41) is 18.0.